The molecule has 1 unspecified atom stereocenters. The highest BCUT2D eigenvalue weighted by Gasteiger charge is 2.17. The number of nitriles is 1. The van der Waals surface area contributed by atoms with Gasteiger partial charge < -0.3 is 9.64 Å². The van der Waals surface area contributed by atoms with Crippen molar-refractivity contribution in [3.63, 3.8) is 0 Å². The summed E-state index contributed by atoms with van der Waals surface area (Å²) in [6.07, 6.45) is -0.721. The summed E-state index contributed by atoms with van der Waals surface area (Å²) >= 11 is 0. The van der Waals surface area contributed by atoms with Crippen molar-refractivity contribution in [1.29, 1.82) is 5.26 Å². The lowest BCUT2D eigenvalue weighted by molar-refractivity contribution is -0.892. The van der Waals surface area contributed by atoms with E-state index < -0.39 is 6.09 Å². The summed E-state index contributed by atoms with van der Waals surface area (Å²) in [5, 5.41) is 10.8. The fourth-order valence-electron chi connectivity index (χ4n) is 1.37. The number of amides is 2. The van der Waals surface area contributed by atoms with Gasteiger partial charge >= 0.3 is 6.09 Å². The molecule has 0 aliphatic heterocycles. The number of hydrogen-bond acceptors (Lipinski definition) is 4. The van der Waals surface area contributed by atoms with Crippen LogP contribution in [0.3, 0.4) is 0 Å². The average molecular weight is 242 g/mol. The predicted octanol–water partition coefficient (Wildman–Crippen LogP) is -0.676. The Morgan fingerprint density at radius 1 is 1.47 bits per heavy atom. The summed E-state index contributed by atoms with van der Waals surface area (Å²) in [6.45, 7) is 7.11. The van der Waals surface area contributed by atoms with Crippen LogP contribution >= 0.6 is 0 Å². The minimum atomic E-state index is -0.721. The summed E-state index contributed by atoms with van der Waals surface area (Å²) in [5.41, 5.74) is 0. The SMILES string of the molecule is CCOC(=O)NC(=O)C[NH+](CC)C[C@@H](C)C#N. The Labute approximate surface area is 102 Å². The number of hydrogen-bond donors (Lipinski definition) is 2. The number of nitrogens with one attached hydrogen (secondary N) is 2. The van der Waals surface area contributed by atoms with E-state index in [-0.39, 0.29) is 25.0 Å². The van der Waals surface area contributed by atoms with Crippen LogP contribution in [0.1, 0.15) is 20.8 Å². The van der Waals surface area contributed by atoms with Gasteiger partial charge in [0.1, 0.15) is 0 Å². The first kappa shape index (κ1) is 15.4. The molecule has 0 aromatic rings. The van der Waals surface area contributed by atoms with Crippen LogP contribution < -0.4 is 10.2 Å². The fraction of sp³-hybridized carbons (Fsp3) is 0.727. The number of rotatable bonds is 6. The maximum atomic E-state index is 11.5. The zero-order chi connectivity index (χ0) is 13.3. The van der Waals surface area contributed by atoms with Crippen molar-refractivity contribution in [2.75, 3.05) is 26.2 Å². The Balaban J connectivity index is 4.07. The topological polar surface area (TPSA) is 83.6 Å². The molecule has 0 fully saturated rings. The molecule has 0 saturated heterocycles. The smallest absolute Gasteiger partial charge is 0.414 e. The van der Waals surface area contributed by atoms with Crippen molar-refractivity contribution >= 4 is 12.0 Å². The molecule has 0 aliphatic rings. The van der Waals surface area contributed by atoms with Crippen LogP contribution in [0.2, 0.25) is 0 Å². The van der Waals surface area contributed by atoms with Crippen LogP contribution in [0.4, 0.5) is 4.79 Å². The molecule has 0 heterocycles. The zero-order valence-corrected chi connectivity index (χ0v) is 10.6. The second-order valence-corrected chi connectivity index (χ2v) is 3.78. The summed E-state index contributed by atoms with van der Waals surface area (Å²) in [4.78, 5) is 23.4. The van der Waals surface area contributed by atoms with Crippen LogP contribution in [-0.4, -0.2) is 38.2 Å². The quantitative estimate of drug-likeness (QED) is 0.646. The van der Waals surface area contributed by atoms with E-state index >= 15 is 0 Å². The van der Waals surface area contributed by atoms with E-state index in [4.69, 9.17) is 5.26 Å². The lowest BCUT2D eigenvalue weighted by Crippen LogP contribution is -3.13. The van der Waals surface area contributed by atoms with Gasteiger partial charge in [-0.1, -0.05) is 0 Å². The zero-order valence-electron chi connectivity index (χ0n) is 10.6. The molecule has 0 spiro atoms. The van der Waals surface area contributed by atoms with Gasteiger partial charge in [-0.05, 0) is 20.8 Å². The summed E-state index contributed by atoms with van der Waals surface area (Å²) in [5.74, 6) is -0.495. The van der Waals surface area contributed by atoms with Crippen LogP contribution in [-0.2, 0) is 9.53 Å². The third kappa shape index (κ3) is 7.30. The first-order valence-corrected chi connectivity index (χ1v) is 5.73. The van der Waals surface area contributed by atoms with E-state index in [1.807, 2.05) is 6.92 Å². The Bertz CT molecular complexity index is 299. The molecule has 0 aromatic heterocycles. The lowest BCUT2D eigenvalue weighted by atomic mass is 10.2. The van der Waals surface area contributed by atoms with E-state index in [9.17, 15) is 9.59 Å². The Morgan fingerprint density at radius 2 is 2.12 bits per heavy atom. The van der Waals surface area contributed by atoms with Crippen LogP contribution in [0.15, 0.2) is 0 Å². The summed E-state index contributed by atoms with van der Waals surface area (Å²) in [6, 6.07) is 2.12. The number of carbonyl (C=O) groups excluding carboxylic acids is 2. The molecule has 0 aromatic carbocycles. The highest BCUT2D eigenvalue weighted by atomic mass is 16.5. The maximum absolute atomic E-state index is 11.5. The molecule has 6 heteroatoms. The van der Waals surface area contributed by atoms with Gasteiger partial charge in [0, 0.05) is 0 Å². The van der Waals surface area contributed by atoms with Crippen molar-refractivity contribution < 1.29 is 19.2 Å². The van der Waals surface area contributed by atoms with Gasteiger partial charge in [0.2, 0.25) is 0 Å². The van der Waals surface area contributed by atoms with E-state index in [2.05, 4.69) is 16.1 Å². The standard InChI is InChI=1S/C11H19N3O3/c1-4-14(7-9(3)6-12)8-10(15)13-11(16)17-5-2/h9H,4-5,7-8H2,1-3H3,(H,13,15,16)/p+1/t9-/m0/s1. The first-order chi connectivity index (χ1) is 8.03. The predicted molar refractivity (Wildman–Crippen MR) is 61.2 cm³/mol. The van der Waals surface area contributed by atoms with Crippen molar-refractivity contribution in [3.8, 4) is 6.07 Å². The molecule has 96 valence electrons. The molecule has 0 rings (SSSR count). The van der Waals surface area contributed by atoms with Crippen molar-refractivity contribution in [2.45, 2.75) is 20.8 Å². The first-order valence-electron chi connectivity index (χ1n) is 5.73. The minimum absolute atomic E-state index is 0.111. The van der Waals surface area contributed by atoms with E-state index in [0.29, 0.717) is 6.54 Å². The highest BCUT2D eigenvalue weighted by molar-refractivity contribution is 5.92. The highest BCUT2D eigenvalue weighted by Crippen LogP contribution is 1.84. The Morgan fingerprint density at radius 3 is 2.59 bits per heavy atom. The second kappa shape index (κ2) is 8.53. The molecular weight excluding hydrogens is 222 g/mol. The largest absolute Gasteiger partial charge is 0.450 e. The molecule has 0 saturated carbocycles. The Kier molecular flexibility index (Phi) is 7.72. The third-order valence-electron chi connectivity index (χ3n) is 2.24. The molecule has 6 nitrogen and oxygen atoms in total. The fourth-order valence-corrected chi connectivity index (χ4v) is 1.37. The summed E-state index contributed by atoms with van der Waals surface area (Å²) < 4.78 is 4.60. The van der Waals surface area contributed by atoms with E-state index in [0.717, 1.165) is 11.4 Å². The molecule has 2 amide bonds. The maximum Gasteiger partial charge on any atom is 0.414 e. The minimum Gasteiger partial charge on any atom is -0.450 e. The number of carbonyl (C=O) groups is 2. The Hall–Kier alpha value is -1.61. The van der Waals surface area contributed by atoms with Gasteiger partial charge in [-0.2, -0.15) is 5.26 Å². The van der Waals surface area contributed by atoms with Gasteiger partial charge in [-0.15, -0.1) is 0 Å². The number of quaternary nitrogens is 1. The van der Waals surface area contributed by atoms with Crippen LogP contribution in [0, 0.1) is 17.2 Å². The monoisotopic (exact) mass is 242 g/mol. The van der Waals surface area contributed by atoms with Gasteiger partial charge in [-0.3, -0.25) is 10.1 Å². The number of nitrogens with zero attached hydrogens (tertiary/aromatic N) is 1. The molecule has 2 atom stereocenters. The van der Waals surface area contributed by atoms with E-state index in [1.54, 1.807) is 13.8 Å². The van der Waals surface area contributed by atoms with Crippen LogP contribution in [0.5, 0.6) is 0 Å². The average Bonchev–Trinajstić information content (AvgIpc) is 2.27. The summed E-state index contributed by atoms with van der Waals surface area (Å²) in [7, 11) is 0. The van der Waals surface area contributed by atoms with E-state index in [1.165, 1.54) is 0 Å². The number of alkyl carbamates (subject to hydrolysis) is 1. The van der Waals surface area contributed by atoms with Gasteiger partial charge in [0.05, 0.1) is 31.7 Å². The van der Waals surface area contributed by atoms with Crippen molar-refractivity contribution in [1.82, 2.24) is 5.32 Å². The molecular formula is C11H20N3O3+. The van der Waals surface area contributed by atoms with Crippen molar-refractivity contribution in [2.24, 2.45) is 5.92 Å². The number of likely N-dealkylation sites (N-methyl/N-ethyl adjacent to an activating group) is 1. The molecule has 0 bridgehead atoms. The lowest BCUT2D eigenvalue weighted by Gasteiger charge is -2.17. The number of ether oxygens (including phenoxy) is 1. The van der Waals surface area contributed by atoms with Crippen molar-refractivity contribution in [3.05, 3.63) is 0 Å². The van der Waals surface area contributed by atoms with Gasteiger partial charge in [-0.25, -0.2) is 4.79 Å². The molecule has 17 heavy (non-hydrogen) atoms. The normalized spacial score (nSPS) is 13.3. The molecule has 2 N–H and O–H groups in total. The molecule has 0 aliphatic carbocycles. The number of imide groups is 1. The third-order valence-corrected chi connectivity index (χ3v) is 2.24. The molecule has 0 radical (unpaired) electrons. The van der Waals surface area contributed by atoms with Gasteiger partial charge in [0.25, 0.3) is 5.91 Å². The van der Waals surface area contributed by atoms with Gasteiger partial charge in [0.15, 0.2) is 6.54 Å². The second-order valence-electron chi connectivity index (χ2n) is 3.78. The van der Waals surface area contributed by atoms with Crippen LogP contribution in [0.25, 0.3) is 0 Å².